The maximum atomic E-state index is 5.19. The molecule has 0 amide bonds. The predicted molar refractivity (Wildman–Crippen MR) is 124 cm³/mol. The van der Waals surface area contributed by atoms with Gasteiger partial charge in [-0.05, 0) is 73.2 Å². The zero-order valence-corrected chi connectivity index (χ0v) is 17.9. The summed E-state index contributed by atoms with van der Waals surface area (Å²) in [5.41, 5.74) is 8.82. The molecule has 0 saturated heterocycles. The molecular weight excluding hydrogens is 392 g/mol. The van der Waals surface area contributed by atoms with E-state index in [1.165, 1.54) is 15.8 Å². The van der Waals surface area contributed by atoms with Crippen LogP contribution in [-0.4, -0.2) is 19.9 Å². The summed E-state index contributed by atoms with van der Waals surface area (Å²) in [6.45, 7) is 6.19. The highest BCUT2D eigenvalue weighted by Gasteiger charge is 1.98. The summed E-state index contributed by atoms with van der Waals surface area (Å²) in [4.78, 5) is 15.6. The fourth-order valence-electron chi connectivity index (χ4n) is 3.11. The van der Waals surface area contributed by atoms with E-state index >= 15 is 0 Å². The van der Waals surface area contributed by atoms with Crippen molar-refractivity contribution in [2.75, 3.05) is 0 Å². The highest BCUT2D eigenvalue weighted by Crippen LogP contribution is 2.21. The molecule has 6 heterocycles. The van der Waals surface area contributed by atoms with E-state index in [4.69, 9.17) is 4.42 Å². The van der Waals surface area contributed by atoms with E-state index in [9.17, 15) is 0 Å². The summed E-state index contributed by atoms with van der Waals surface area (Å²) in [6.07, 6.45) is 9.03. The third-order valence-corrected chi connectivity index (χ3v) is 5.78. The number of nitrogens with one attached hydrogen (secondary N) is 1. The van der Waals surface area contributed by atoms with Gasteiger partial charge in [0.1, 0.15) is 5.52 Å². The Balaban J connectivity index is 0.000000109. The van der Waals surface area contributed by atoms with Gasteiger partial charge in [0.15, 0.2) is 5.58 Å². The summed E-state index contributed by atoms with van der Waals surface area (Å²) in [7, 11) is 0. The van der Waals surface area contributed by atoms with E-state index in [-0.39, 0.29) is 0 Å². The lowest BCUT2D eigenvalue weighted by molar-refractivity contribution is 0.613. The van der Waals surface area contributed by atoms with Gasteiger partial charge in [-0.15, -0.1) is 11.3 Å². The van der Waals surface area contributed by atoms with Crippen LogP contribution in [0.1, 0.15) is 16.7 Å². The van der Waals surface area contributed by atoms with E-state index in [0.717, 1.165) is 33.2 Å². The van der Waals surface area contributed by atoms with Gasteiger partial charge < -0.3 is 9.40 Å². The maximum absolute atomic E-state index is 5.19. The molecule has 0 radical (unpaired) electrons. The minimum atomic E-state index is 0.891. The number of pyridine rings is 3. The topological polar surface area (TPSA) is 67.6 Å². The Morgan fingerprint density at radius 3 is 2.17 bits per heavy atom. The van der Waals surface area contributed by atoms with Crippen LogP contribution in [0, 0.1) is 20.8 Å². The zero-order valence-electron chi connectivity index (χ0n) is 17.1. The molecule has 0 aliphatic rings. The van der Waals surface area contributed by atoms with Crippen LogP contribution in [0.15, 0.2) is 77.2 Å². The second-order valence-electron chi connectivity index (χ2n) is 6.89. The van der Waals surface area contributed by atoms with E-state index in [1.54, 1.807) is 23.8 Å². The molecule has 0 aliphatic heterocycles. The molecule has 0 aliphatic carbocycles. The third kappa shape index (κ3) is 4.23. The average Bonchev–Trinajstić information content (AvgIpc) is 3.50. The van der Waals surface area contributed by atoms with Gasteiger partial charge in [-0.1, -0.05) is 0 Å². The molecule has 0 bridgehead atoms. The van der Waals surface area contributed by atoms with Crippen molar-refractivity contribution in [2.24, 2.45) is 0 Å². The highest BCUT2D eigenvalue weighted by molar-refractivity contribution is 7.17. The van der Waals surface area contributed by atoms with Crippen LogP contribution in [0.4, 0.5) is 0 Å². The van der Waals surface area contributed by atoms with Crippen molar-refractivity contribution < 1.29 is 4.42 Å². The number of rotatable bonds is 0. The third-order valence-electron chi connectivity index (χ3n) is 4.74. The van der Waals surface area contributed by atoms with Gasteiger partial charge in [-0.3, -0.25) is 15.0 Å². The Labute approximate surface area is 178 Å². The summed E-state index contributed by atoms with van der Waals surface area (Å²) in [5, 5.41) is 2.07. The number of aryl methyl sites for hydroxylation is 3. The lowest BCUT2D eigenvalue weighted by Gasteiger charge is -1.91. The minimum Gasteiger partial charge on any atom is -0.462 e. The van der Waals surface area contributed by atoms with Gasteiger partial charge in [-0.2, -0.15) is 0 Å². The summed E-state index contributed by atoms with van der Waals surface area (Å²) < 4.78 is 6.49. The van der Waals surface area contributed by atoms with Crippen molar-refractivity contribution in [1.82, 2.24) is 19.9 Å². The van der Waals surface area contributed by atoms with Gasteiger partial charge in [0.05, 0.1) is 27.5 Å². The monoisotopic (exact) mass is 414 g/mol. The van der Waals surface area contributed by atoms with Crippen molar-refractivity contribution in [3.05, 3.63) is 89.5 Å². The van der Waals surface area contributed by atoms with E-state index in [2.05, 4.69) is 39.2 Å². The van der Waals surface area contributed by atoms with Crippen LogP contribution in [0.5, 0.6) is 0 Å². The first-order chi connectivity index (χ1) is 14.6. The second kappa shape index (κ2) is 8.88. The molecule has 0 fully saturated rings. The fourth-order valence-corrected chi connectivity index (χ4v) is 3.93. The van der Waals surface area contributed by atoms with E-state index < -0.39 is 0 Å². The van der Waals surface area contributed by atoms with Crippen LogP contribution in [0.3, 0.4) is 0 Å². The Hall–Kier alpha value is -3.51. The molecule has 6 rings (SSSR count). The van der Waals surface area contributed by atoms with Crippen LogP contribution >= 0.6 is 11.3 Å². The quantitative estimate of drug-likeness (QED) is 0.303. The number of H-pyrrole nitrogens is 1. The smallest absolute Gasteiger partial charge is 0.155 e. The first-order valence-electron chi connectivity index (χ1n) is 9.60. The molecule has 0 aromatic carbocycles. The molecule has 150 valence electrons. The number of hydrogen-bond acceptors (Lipinski definition) is 5. The summed E-state index contributed by atoms with van der Waals surface area (Å²) in [5.74, 6) is 0. The number of aromatic amines is 1. The van der Waals surface area contributed by atoms with Gasteiger partial charge in [-0.25, -0.2) is 0 Å². The van der Waals surface area contributed by atoms with Crippen LogP contribution < -0.4 is 0 Å². The first-order valence-corrected chi connectivity index (χ1v) is 10.5. The van der Waals surface area contributed by atoms with Crippen molar-refractivity contribution >= 4 is 43.7 Å². The zero-order chi connectivity index (χ0) is 20.9. The highest BCUT2D eigenvalue weighted by atomic mass is 32.1. The number of fused-ring (bicyclic) bond motifs is 3. The molecule has 0 saturated carbocycles. The molecule has 6 aromatic rings. The van der Waals surface area contributed by atoms with Crippen molar-refractivity contribution in [2.45, 2.75) is 20.8 Å². The van der Waals surface area contributed by atoms with Crippen LogP contribution in [-0.2, 0) is 0 Å². The van der Waals surface area contributed by atoms with Crippen LogP contribution in [0.2, 0.25) is 0 Å². The van der Waals surface area contributed by atoms with Gasteiger partial charge in [0, 0.05) is 30.9 Å². The number of thiophene rings is 1. The molecule has 1 N–H and O–H groups in total. The van der Waals surface area contributed by atoms with Crippen molar-refractivity contribution in [3.63, 3.8) is 0 Å². The minimum absolute atomic E-state index is 0.891. The Morgan fingerprint density at radius 2 is 1.43 bits per heavy atom. The second-order valence-corrected chi connectivity index (χ2v) is 7.81. The fraction of sp³-hybridized carbons (Fsp3) is 0.125. The number of furan rings is 1. The molecule has 6 aromatic heterocycles. The van der Waals surface area contributed by atoms with Gasteiger partial charge in [0.25, 0.3) is 0 Å². The van der Waals surface area contributed by atoms with Gasteiger partial charge in [0.2, 0.25) is 0 Å². The number of hydrogen-bond donors (Lipinski definition) is 1. The molecular formula is C24H22N4OS. The van der Waals surface area contributed by atoms with Gasteiger partial charge >= 0.3 is 0 Å². The Kier molecular flexibility index (Phi) is 5.86. The first kappa shape index (κ1) is 19.8. The molecule has 5 nitrogen and oxygen atoms in total. The normalized spacial score (nSPS) is 10.5. The number of nitrogens with zero attached hydrogens (tertiary/aromatic N) is 3. The SMILES string of the molecule is Cc1ccnc2cc[nH]c12.Cc1ccnc2ccoc12.Cc1ccnc2ccsc12. The molecule has 0 spiro atoms. The molecule has 6 heteroatoms. The average molecular weight is 415 g/mol. The standard InChI is InChI=1S/C8H8N2.C8H7NO.C8H7NS/c3*1-6-2-4-9-7-3-5-10-8(6)7/h2-5,10H,1H3;2*2-5H,1H3. The van der Waals surface area contributed by atoms with Crippen molar-refractivity contribution in [1.29, 1.82) is 0 Å². The summed E-state index contributed by atoms with van der Waals surface area (Å²) >= 11 is 1.75. The lowest BCUT2D eigenvalue weighted by Crippen LogP contribution is -1.77. The maximum Gasteiger partial charge on any atom is 0.155 e. The lowest BCUT2D eigenvalue weighted by atomic mass is 10.2. The Bertz CT molecular complexity index is 1230. The summed E-state index contributed by atoms with van der Waals surface area (Å²) in [6, 6.07) is 11.9. The predicted octanol–water partition coefficient (Wildman–Crippen LogP) is 6.61. The Morgan fingerprint density at radius 1 is 0.733 bits per heavy atom. The van der Waals surface area contributed by atoms with Crippen molar-refractivity contribution in [3.8, 4) is 0 Å². The molecule has 30 heavy (non-hydrogen) atoms. The largest absolute Gasteiger partial charge is 0.462 e. The van der Waals surface area contributed by atoms with Crippen LogP contribution in [0.25, 0.3) is 32.3 Å². The molecule has 0 atom stereocenters. The number of aromatic nitrogens is 4. The van der Waals surface area contributed by atoms with E-state index in [1.807, 2.05) is 61.9 Å². The van der Waals surface area contributed by atoms with E-state index in [0.29, 0.717) is 0 Å². The molecule has 0 unspecified atom stereocenters.